The molecule has 2 amide bonds. The first-order valence-corrected chi connectivity index (χ1v) is 4.77. The third kappa shape index (κ3) is 1.32. The van der Waals surface area contributed by atoms with Gasteiger partial charge in [-0.15, -0.1) is 0 Å². The second-order valence-electron chi connectivity index (χ2n) is 3.38. The van der Waals surface area contributed by atoms with Crippen molar-refractivity contribution in [3.05, 3.63) is 29.6 Å². The molecule has 0 aromatic heterocycles. The van der Waals surface area contributed by atoms with Crippen LogP contribution in [0.1, 0.15) is 23.7 Å². The molecule has 2 rings (SSSR count). The molecular weight excluding hydrogens is 213 g/mol. The van der Waals surface area contributed by atoms with E-state index in [2.05, 4.69) is 0 Å². The number of carbonyl (C=O) groups is 3. The van der Waals surface area contributed by atoms with Crippen LogP contribution in [0.4, 0.5) is 10.1 Å². The normalized spacial score (nSPS) is 14.2. The Morgan fingerprint density at radius 1 is 1.38 bits per heavy atom. The molecule has 1 aromatic carbocycles. The summed E-state index contributed by atoms with van der Waals surface area (Å²) in [6, 6.07) is 3.35. The molecule has 0 fully saturated rings. The van der Waals surface area contributed by atoms with Gasteiger partial charge >= 0.3 is 5.91 Å². The van der Waals surface area contributed by atoms with Gasteiger partial charge in [0.05, 0.1) is 11.3 Å². The van der Waals surface area contributed by atoms with Crippen LogP contribution in [0, 0.1) is 5.82 Å². The number of carbonyl (C=O) groups excluding carboxylic acids is 3. The molecule has 82 valence electrons. The molecule has 1 aromatic rings. The van der Waals surface area contributed by atoms with Gasteiger partial charge in [0.2, 0.25) is 5.91 Å². The van der Waals surface area contributed by atoms with Gasteiger partial charge in [-0.25, -0.2) is 9.29 Å². The molecule has 0 spiro atoms. The van der Waals surface area contributed by atoms with Crippen LogP contribution in [-0.2, 0) is 9.59 Å². The van der Waals surface area contributed by atoms with E-state index >= 15 is 0 Å². The van der Waals surface area contributed by atoms with Crippen LogP contribution in [0.15, 0.2) is 18.2 Å². The Hall–Kier alpha value is -2.04. The number of fused-ring (bicyclic) bond motifs is 1. The Morgan fingerprint density at radius 3 is 2.69 bits per heavy atom. The van der Waals surface area contributed by atoms with Crippen molar-refractivity contribution in [3.63, 3.8) is 0 Å². The van der Waals surface area contributed by atoms with Crippen LogP contribution < -0.4 is 4.90 Å². The summed E-state index contributed by atoms with van der Waals surface area (Å²) in [4.78, 5) is 35.3. The number of anilines is 1. The summed E-state index contributed by atoms with van der Waals surface area (Å²) >= 11 is 0. The maximum Gasteiger partial charge on any atom is 0.306 e. The minimum Gasteiger partial charge on any atom is -0.283 e. The van der Waals surface area contributed by atoms with Crippen molar-refractivity contribution in [2.45, 2.75) is 13.3 Å². The standard InChI is InChI=1S/C11H8FNO3/c1-2-9(14)13-8-4-3-6(12)5-7(8)10(15)11(13)16/h3-5H,2H2,1H3. The molecule has 16 heavy (non-hydrogen) atoms. The van der Waals surface area contributed by atoms with E-state index in [0.29, 0.717) is 0 Å². The lowest BCUT2D eigenvalue weighted by molar-refractivity contribution is -0.124. The van der Waals surface area contributed by atoms with Gasteiger partial charge in [-0.1, -0.05) is 6.92 Å². The summed E-state index contributed by atoms with van der Waals surface area (Å²) in [5.41, 5.74) is 0.120. The van der Waals surface area contributed by atoms with Gasteiger partial charge in [-0.05, 0) is 18.2 Å². The van der Waals surface area contributed by atoms with E-state index in [0.717, 1.165) is 17.0 Å². The molecule has 1 aliphatic heterocycles. The van der Waals surface area contributed by atoms with Crippen LogP contribution in [-0.4, -0.2) is 17.6 Å². The number of imide groups is 1. The van der Waals surface area contributed by atoms with Crippen molar-refractivity contribution < 1.29 is 18.8 Å². The van der Waals surface area contributed by atoms with E-state index < -0.39 is 23.4 Å². The fourth-order valence-corrected chi connectivity index (χ4v) is 1.62. The Balaban J connectivity index is 2.58. The van der Waals surface area contributed by atoms with E-state index in [9.17, 15) is 18.8 Å². The molecule has 0 atom stereocenters. The highest BCUT2D eigenvalue weighted by atomic mass is 19.1. The van der Waals surface area contributed by atoms with Crippen molar-refractivity contribution in [3.8, 4) is 0 Å². The number of nitrogens with zero attached hydrogens (tertiary/aromatic N) is 1. The maximum absolute atomic E-state index is 12.9. The average molecular weight is 221 g/mol. The summed E-state index contributed by atoms with van der Waals surface area (Å²) < 4.78 is 12.9. The van der Waals surface area contributed by atoms with E-state index in [1.807, 2.05) is 0 Å². The van der Waals surface area contributed by atoms with Crippen molar-refractivity contribution in [2.24, 2.45) is 0 Å². The third-order valence-corrected chi connectivity index (χ3v) is 2.39. The quantitative estimate of drug-likeness (QED) is 0.671. The van der Waals surface area contributed by atoms with Crippen LogP contribution in [0.2, 0.25) is 0 Å². The number of Topliss-reactive ketones (excluding diaryl/α,β-unsaturated/α-hetero) is 1. The lowest BCUT2D eigenvalue weighted by Gasteiger charge is -2.12. The molecule has 1 heterocycles. The molecule has 0 aliphatic carbocycles. The number of hydrogen-bond donors (Lipinski definition) is 0. The van der Waals surface area contributed by atoms with Gasteiger partial charge in [-0.3, -0.25) is 14.4 Å². The molecule has 0 N–H and O–H groups in total. The number of halogens is 1. The Morgan fingerprint density at radius 2 is 2.06 bits per heavy atom. The number of ketones is 1. The highest BCUT2D eigenvalue weighted by molar-refractivity contribution is 6.56. The Kier molecular flexibility index (Phi) is 2.30. The number of amides is 2. The monoisotopic (exact) mass is 221 g/mol. The van der Waals surface area contributed by atoms with Crippen LogP contribution in [0.5, 0.6) is 0 Å². The van der Waals surface area contributed by atoms with Crippen molar-refractivity contribution in [1.82, 2.24) is 0 Å². The van der Waals surface area contributed by atoms with E-state index in [-0.39, 0.29) is 17.7 Å². The molecule has 1 aliphatic rings. The van der Waals surface area contributed by atoms with Gasteiger partial charge in [0, 0.05) is 6.42 Å². The summed E-state index contributed by atoms with van der Waals surface area (Å²) in [5, 5.41) is 0. The van der Waals surface area contributed by atoms with E-state index in [1.165, 1.54) is 6.07 Å². The smallest absolute Gasteiger partial charge is 0.283 e. The second kappa shape index (κ2) is 3.52. The zero-order valence-electron chi connectivity index (χ0n) is 8.49. The second-order valence-corrected chi connectivity index (χ2v) is 3.38. The molecular formula is C11H8FNO3. The van der Waals surface area contributed by atoms with Crippen molar-refractivity contribution in [1.29, 1.82) is 0 Å². The lowest BCUT2D eigenvalue weighted by Crippen LogP contribution is -2.35. The number of benzene rings is 1. The summed E-state index contributed by atoms with van der Waals surface area (Å²) in [5.74, 6) is -2.82. The zero-order valence-corrected chi connectivity index (χ0v) is 8.49. The van der Waals surface area contributed by atoms with Crippen molar-refractivity contribution in [2.75, 3.05) is 4.90 Å². The first-order chi connectivity index (χ1) is 7.56. The highest BCUT2D eigenvalue weighted by Crippen LogP contribution is 2.29. The van der Waals surface area contributed by atoms with Crippen LogP contribution >= 0.6 is 0 Å². The van der Waals surface area contributed by atoms with Crippen molar-refractivity contribution >= 4 is 23.3 Å². The Labute approximate surface area is 90.7 Å². The largest absolute Gasteiger partial charge is 0.306 e. The predicted molar refractivity (Wildman–Crippen MR) is 53.5 cm³/mol. The van der Waals surface area contributed by atoms with Gasteiger partial charge in [0.25, 0.3) is 5.78 Å². The fraction of sp³-hybridized carbons (Fsp3) is 0.182. The molecule has 0 radical (unpaired) electrons. The zero-order chi connectivity index (χ0) is 11.9. The minimum absolute atomic E-state index is 0.0493. The first-order valence-electron chi connectivity index (χ1n) is 4.77. The van der Waals surface area contributed by atoms with Crippen LogP contribution in [0.25, 0.3) is 0 Å². The van der Waals surface area contributed by atoms with Gasteiger partial charge in [-0.2, -0.15) is 0 Å². The molecule has 0 saturated carbocycles. The fourth-order valence-electron chi connectivity index (χ4n) is 1.62. The Bertz CT molecular complexity index is 510. The third-order valence-electron chi connectivity index (χ3n) is 2.39. The SMILES string of the molecule is CCC(=O)N1C(=O)C(=O)c2cc(F)ccc21. The van der Waals surface area contributed by atoms with E-state index in [4.69, 9.17) is 0 Å². The maximum atomic E-state index is 12.9. The molecule has 0 saturated heterocycles. The summed E-state index contributed by atoms with van der Waals surface area (Å²) in [7, 11) is 0. The molecule has 0 unspecified atom stereocenters. The summed E-state index contributed by atoms with van der Waals surface area (Å²) in [6.45, 7) is 1.58. The lowest BCUT2D eigenvalue weighted by atomic mass is 10.1. The minimum atomic E-state index is -0.910. The van der Waals surface area contributed by atoms with E-state index in [1.54, 1.807) is 6.92 Å². The molecule has 4 nitrogen and oxygen atoms in total. The topological polar surface area (TPSA) is 54.5 Å². The average Bonchev–Trinajstić information content (AvgIpc) is 2.52. The van der Waals surface area contributed by atoms with Gasteiger partial charge in [0.15, 0.2) is 0 Å². The highest BCUT2D eigenvalue weighted by Gasteiger charge is 2.39. The van der Waals surface area contributed by atoms with Gasteiger partial charge < -0.3 is 0 Å². The van der Waals surface area contributed by atoms with Gasteiger partial charge in [0.1, 0.15) is 5.82 Å². The van der Waals surface area contributed by atoms with Crippen LogP contribution in [0.3, 0.4) is 0 Å². The summed E-state index contributed by atoms with van der Waals surface area (Å²) in [6.07, 6.45) is 0.107. The first kappa shape index (κ1) is 10.5. The molecule has 0 bridgehead atoms. The number of rotatable bonds is 1. The number of hydrogen-bond acceptors (Lipinski definition) is 3. The predicted octanol–water partition coefficient (Wildman–Crippen LogP) is 1.29. The molecule has 5 heteroatoms.